The van der Waals surface area contributed by atoms with Crippen molar-refractivity contribution in [3.63, 3.8) is 0 Å². The van der Waals surface area contributed by atoms with E-state index in [-0.39, 0.29) is 0 Å². The van der Waals surface area contributed by atoms with E-state index in [0.717, 1.165) is 0 Å². The fourth-order valence-electron chi connectivity index (χ4n) is 2.51. The van der Waals surface area contributed by atoms with Crippen molar-refractivity contribution >= 4 is 0 Å². The van der Waals surface area contributed by atoms with Gasteiger partial charge in [0.2, 0.25) is 0 Å². The molecule has 10 heteroatoms. The third-order valence-corrected chi connectivity index (χ3v) is 3.94. The van der Waals surface area contributed by atoms with Gasteiger partial charge < -0.3 is 50.0 Å². The maximum Gasteiger partial charge on any atom is 0.187 e. The monoisotopic (exact) mass is 326 g/mol. The van der Waals surface area contributed by atoms with E-state index in [1.807, 2.05) is 0 Å². The molecule has 10 atom stereocenters. The number of rotatable bonds is 3. The van der Waals surface area contributed by atoms with Crippen LogP contribution in [0.3, 0.4) is 0 Å². The van der Waals surface area contributed by atoms with Crippen LogP contribution >= 0.6 is 0 Å². The van der Waals surface area contributed by atoms with Gasteiger partial charge in [-0.1, -0.05) is 0 Å². The first-order valence-electron chi connectivity index (χ1n) is 6.93. The van der Waals surface area contributed by atoms with Crippen LogP contribution in [0, 0.1) is 0 Å². The van der Waals surface area contributed by atoms with Gasteiger partial charge in [0.25, 0.3) is 0 Å². The Morgan fingerprint density at radius 2 is 1.45 bits per heavy atom. The second-order valence-electron chi connectivity index (χ2n) is 5.51. The molecule has 0 amide bonds. The van der Waals surface area contributed by atoms with Crippen molar-refractivity contribution in [1.29, 1.82) is 0 Å². The maximum absolute atomic E-state index is 9.96. The van der Waals surface area contributed by atoms with Crippen molar-refractivity contribution in [2.75, 3.05) is 6.61 Å². The van der Waals surface area contributed by atoms with E-state index in [1.165, 1.54) is 6.92 Å². The second-order valence-corrected chi connectivity index (χ2v) is 5.51. The van der Waals surface area contributed by atoms with E-state index in [1.54, 1.807) is 0 Å². The molecular formula is C12H22O10. The molecule has 0 spiro atoms. The Morgan fingerprint density at radius 3 is 2.05 bits per heavy atom. The highest BCUT2D eigenvalue weighted by Gasteiger charge is 2.49. The summed E-state index contributed by atoms with van der Waals surface area (Å²) in [5, 5.41) is 67.6. The first-order chi connectivity index (χ1) is 10.3. The van der Waals surface area contributed by atoms with Gasteiger partial charge in [0.05, 0.1) is 12.7 Å². The summed E-state index contributed by atoms with van der Waals surface area (Å²) in [6.45, 7) is 0.812. The molecule has 1 unspecified atom stereocenters. The number of aliphatic hydroxyl groups is 7. The molecule has 2 rings (SSSR count). The summed E-state index contributed by atoms with van der Waals surface area (Å²) in [5.41, 5.74) is 0. The zero-order valence-corrected chi connectivity index (χ0v) is 11.8. The Morgan fingerprint density at radius 1 is 0.818 bits per heavy atom. The zero-order chi connectivity index (χ0) is 16.6. The van der Waals surface area contributed by atoms with Crippen LogP contribution in [0.5, 0.6) is 0 Å². The van der Waals surface area contributed by atoms with Crippen molar-refractivity contribution in [2.45, 2.75) is 68.3 Å². The SMILES string of the molecule is C[C@@H]1OC(O)[C@H](O)[C@H](O[C@@H]2O[C@H](CO)[C@@H](O)[C@H](O)[C@H]2O)[C@H]1O. The molecule has 0 aromatic carbocycles. The molecule has 22 heavy (non-hydrogen) atoms. The molecule has 2 fully saturated rings. The lowest BCUT2D eigenvalue weighted by Gasteiger charge is -2.44. The van der Waals surface area contributed by atoms with Crippen molar-refractivity contribution in [3.05, 3.63) is 0 Å². The van der Waals surface area contributed by atoms with Crippen LogP contribution in [-0.4, -0.2) is 104 Å². The fourth-order valence-corrected chi connectivity index (χ4v) is 2.51. The fraction of sp³-hybridized carbons (Fsp3) is 1.00. The van der Waals surface area contributed by atoms with E-state index >= 15 is 0 Å². The van der Waals surface area contributed by atoms with Crippen molar-refractivity contribution < 1.29 is 50.0 Å². The first kappa shape index (κ1) is 17.9. The Balaban J connectivity index is 2.10. The molecule has 0 saturated carbocycles. The predicted octanol–water partition coefficient (Wildman–Crippen LogP) is -4.37. The summed E-state index contributed by atoms with van der Waals surface area (Å²) in [6.07, 6.45) is -14.3. The molecule has 0 radical (unpaired) electrons. The van der Waals surface area contributed by atoms with E-state index in [2.05, 4.69) is 0 Å². The highest BCUT2D eigenvalue weighted by molar-refractivity contribution is 4.92. The van der Waals surface area contributed by atoms with Gasteiger partial charge in [-0.3, -0.25) is 0 Å². The van der Waals surface area contributed by atoms with Gasteiger partial charge in [0, 0.05) is 0 Å². The van der Waals surface area contributed by atoms with Crippen LogP contribution < -0.4 is 0 Å². The average Bonchev–Trinajstić information content (AvgIpc) is 2.49. The van der Waals surface area contributed by atoms with Gasteiger partial charge in [-0.05, 0) is 6.92 Å². The summed E-state index contributed by atoms with van der Waals surface area (Å²) >= 11 is 0. The van der Waals surface area contributed by atoms with Crippen LogP contribution in [0.2, 0.25) is 0 Å². The van der Waals surface area contributed by atoms with Crippen molar-refractivity contribution in [3.8, 4) is 0 Å². The third-order valence-electron chi connectivity index (χ3n) is 3.94. The minimum atomic E-state index is -1.67. The molecule has 0 aliphatic carbocycles. The lowest BCUT2D eigenvalue weighted by molar-refractivity contribution is -0.353. The molecule has 2 aliphatic rings. The number of aliphatic hydroxyl groups excluding tert-OH is 7. The molecular weight excluding hydrogens is 304 g/mol. The minimum Gasteiger partial charge on any atom is -0.394 e. The quantitative estimate of drug-likeness (QED) is 0.269. The molecule has 0 aromatic heterocycles. The molecule has 130 valence electrons. The van der Waals surface area contributed by atoms with E-state index in [4.69, 9.17) is 19.3 Å². The number of ether oxygens (including phenoxy) is 3. The Kier molecular flexibility index (Phi) is 5.72. The van der Waals surface area contributed by atoms with Crippen molar-refractivity contribution in [2.24, 2.45) is 0 Å². The van der Waals surface area contributed by atoms with E-state index in [9.17, 15) is 30.6 Å². The zero-order valence-electron chi connectivity index (χ0n) is 11.8. The Labute approximate surface area is 126 Å². The summed E-state index contributed by atoms with van der Waals surface area (Å²) in [7, 11) is 0. The summed E-state index contributed by atoms with van der Waals surface area (Å²) in [6, 6.07) is 0. The lowest BCUT2D eigenvalue weighted by atomic mass is 9.97. The smallest absolute Gasteiger partial charge is 0.187 e. The lowest BCUT2D eigenvalue weighted by Crippen LogP contribution is -2.63. The van der Waals surface area contributed by atoms with Gasteiger partial charge in [0.1, 0.15) is 42.7 Å². The summed E-state index contributed by atoms with van der Waals surface area (Å²) in [5.74, 6) is 0. The standard InChI is InChI=1S/C12H22O10/c1-3-5(14)10(9(18)11(19)20-3)22-12-8(17)7(16)6(15)4(2-13)21-12/h3-19H,2H2,1H3/t3-,4+,5-,6+,7-,8+,9+,10+,11?,12-/m0/s1. The summed E-state index contributed by atoms with van der Waals surface area (Å²) < 4.78 is 15.3. The topological polar surface area (TPSA) is 169 Å². The van der Waals surface area contributed by atoms with E-state index < -0.39 is 68.0 Å². The third kappa shape index (κ3) is 3.26. The molecule has 7 N–H and O–H groups in total. The molecule has 0 aromatic rings. The highest BCUT2D eigenvalue weighted by atomic mass is 16.7. The molecule has 2 saturated heterocycles. The molecule has 2 heterocycles. The van der Waals surface area contributed by atoms with Gasteiger partial charge in [0.15, 0.2) is 12.6 Å². The average molecular weight is 326 g/mol. The summed E-state index contributed by atoms with van der Waals surface area (Å²) in [4.78, 5) is 0. The first-order valence-corrected chi connectivity index (χ1v) is 6.93. The van der Waals surface area contributed by atoms with Crippen LogP contribution in [0.4, 0.5) is 0 Å². The van der Waals surface area contributed by atoms with Crippen LogP contribution in [0.1, 0.15) is 6.92 Å². The van der Waals surface area contributed by atoms with Crippen LogP contribution in [0.15, 0.2) is 0 Å². The minimum absolute atomic E-state index is 0.636. The van der Waals surface area contributed by atoms with E-state index in [0.29, 0.717) is 0 Å². The Bertz CT molecular complexity index is 352. The predicted molar refractivity (Wildman–Crippen MR) is 67.2 cm³/mol. The largest absolute Gasteiger partial charge is 0.394 e. The van der Waals surface area contributed by atoms with Gasteiger partial charge >= 0.3 is 0 Å². The van der Waals surface area contributed by atoms with Gasteiger partial charge in [-0.25, -0.2) is 0 Å². The van der Waals surface area contributed by atoms with Crippen molar-refractivity contribution in [1.82, 2.24) is 0 Å². The second kappa shape index (κ2) is 7.01. The van der Waals surface area contributed by atoms with Crippen LogP contribution in [0.25, 0.3) is 0 Å². The normalized spacial score (nSPS) is 53.5. The van der Waals surface area contributed by atoms with Gasteiger partial charge in [-0.2, -0.15) is 0 Å². The number of hydrogen-bond donors (Lipinski definition) is 7. The molecule has 0 bridgehead atoms. The van der Waals surface area contributed by atoms with Crippen LogP contribution in [-0.2, 0) is 14.2 Å². The van der Waals surface area contributed by atoms with Gasteiger partial charge in [-0.15, -0.1) is 0 Å². The maximum atomic E-state index is 9.96. The number of hydrogen-bond acceptors (Lipinski definition) is 10. The molecule has 10 nitrogen and oxygen atoms in total. The molecule has 2 aliphatic heterocycles. The Hall–Kier alpha value is -0.400. The highest BCUT2D eigenvalue weighted by Crippen LogP contribution is 2.28.